The highest BCUT2D eigenvalue weighted by atomic mass is 31.2. The zero-order valence-corrected chi connectivity index (χ0v) is 32.6. The molecular weight excluding hydrogens is 742 g/mol. The number of rotatable bonds is 5. The van der Waals surface area contributed by atoms with Crippen LogP contribution >= 0.6 is 7.14 Å². The third kappa shape index (κ3) is 4.97. The second-order valence-corrected chi connectivity index (χ2v) is 17.7. The van der Waals surface area contributed by atoms with Gasteiger partial charge in [-0.2, -0.15) is 0 Å². The number of pyridine rings is 2. The number of fused-ring (bicyclic) bond motifs is 8. The molecule has 4 aromatic heterocycles. The minimum Gasteiger partial charge on any atom is -0.309 e. The van der Waals surface area contributed by atoms with Crippen molar-refractivity contribution in [1.82, 2.24) is 19.1 Å². The smallest absolute Gasteiger partial charge is 0.175 e. The van der Waals surface area contributed by atoms with Crippen molar-refractivity contribution >= 4 is 83.7 Å². The molecule has 11 aromatic rings. The second kappa shape index (κ2) is 13.0. The molecule has 0 radical (unpaired) electrons. The largest absolute Gasteiger partial charge is 0.309 e. The van der Waals surface area contributed by atoms with Crippen LogP contribution in [-0.2, 0) is 4.57 Å². The van der Waals surface area contributed by atoms with Crippen LogP contribution in [0.1, 0.15) is 0 Å². The van der Waals surface area contributed by atoms with Gasteiger partial charge in [0.05, 0.1) is 33.4 Å². The first-order valence-electron chi connectivity index (χ1n) is 19.7. The van der Waals surface area contributed by atoms with Crippen LogP contribution in [0.15, 0.2) is 207 Å². The molecule has 0 spiro atoms. The number of nitrogens with zero attached hydrogens (tertiary/aromatic N) is 5. The first kappa shape index (κ1) is 33.6. The molecule has 7 heteroatoms. The summed E-state index contributed by atoms with van der Waals surface area (Å²) in [4.78, 5) is 11.3. The topological polar surface area (TPSA) is 56.0 Å². The minimum absolute atomic E-state index is 0.833. The summed E-state index contributed by atoms with van der Waals surface area (Å²) >= 11 is 0. The van der Waals surface area contributed by atoms with Crippen molar-refractivity contribution < 1.29 is 4.57 Å². The highest BCUT2D eigenvalue weighted by Gasteiger charge is 2.40. The predicted molar refractivity (Wildman–Crippen MR) is 244 cm³/mol. The molecule has 0 saturated carbocycles. The van der Waals surface area contributed by atoms with Crippen LogP contribution in [0.5, 0.6) is 0 Å². The summed E-state index contributed by atoms with van der Waals surface area (Å²) in [5.41, 5.74) is 11.4. The molecule has 0 aliphatic carbocycles. The zero-order valence-electron chi connectivity index (χ0n) is 31.7. The van der Waals surface area contributed by atoms with Gasteiger partial charge in [0.15, 0.2) is 7.14 Å². The van der Waals surface area contributed by atoms with Crippen molar-refractivity contribution in [1.29, 1.82) is 0 Å². The normalized spacial score (nSPS) is 13.3. The fourth-order valence-electron chi connectivity index (χ4n) is 9.33. The van der Waals surface area contributed by atoms with E-state index in [9.17, 15) is 0 Å². The monoisotopic (exact) mass is 775 g/mol. The molecule has 278 valence electrons. The van der Waals surface area contributed by atoms with E-state index in [0.29, 0.717) is 0 Å². The van der Waals surface area contributed by atoms with E-state index in [1.54, 1.807) is 0 Å². The molecular formula is C52H34N5OP. The lowest BCUT2D eigenvalue weighted by atomic mass is 10.0. The number of aromatic nitrogens is 4. The van der Waals surface area contributed by atoms with Crippen LogP contribution in [0.3, 0.4) is 0 Å². The summed E-state index contributed by atoms with van der Waals surface area (Å²) in [7, 11) is -3.18. The molecule has 0 saturated heterocycles. The number of hydrogen-bond donors (Lipinski definition) is 0. The average molecular weight is 776 g/mol. The average Bonchev–Trinajstić information content (AvgIpc) is 3.83. The molecule has 12 rings (SSSR count). The molecule has 1 aliphatic heterocycles. The van der Waals surface area contributed by atoms with E-state index in [1.807, 2.05) is 91.5 Å². The van der Waals surface area contributed by atoms with E-state index < -0.39 is 7.14 Å². The number of hydrogen-bond acceptors (Lipinski definition) is 4. The number of para-hydroxylation sites is 4. The van der Waals surface area contributed by atoms with Crippen molar-refractivity contribution in [3.8, 4) is 22.5 Å². The first-order valence-corrected chi connectivity index (χ1v) is 21.5. The van der Waals surface area contributed by atoms with Gasteiger partial charge in [-0.1, -0.05) is 103 Å². The molecule has 0 unspecified atom stereocenters. The Kier molecular flexibility index (Phi) is 7.40. The van der Waals surface area contributed by atoms with Crippen molar-refractivity contribution in [2.24, 2.45) is 0 Å². The van der Waals surface area contributed by atoms with Crippen molar-refractivity contribution in [3.05, 3.63) is 207 Å². The number of benzene rings is 7. The molecule has 6 nitrogen and oxygen atoms in total. The molecule has 0 bridgehead atoms. The Bertz CT molecular complexity index is 3220. The van der Waals surface area contributed by atoms with Gasteiger partial charge in [0.25, 0.3) is 0 Å². The molecule has 0 fully saturated rings. The molecule has 59 heavy (non-hydrogen) atoms. The third-order valence-electron chi connectivity index (χ3n) is 11.8. The van der Waals surface area contributed by atoms with E-state index in [2.05, 4.69) is 139 Å². The lowest BCUT2D eigenvalue weighted by molar-refractivity contribution is 0.592. The summed E-state index contributed by atoms with van der Waals surface area (Å²) in [6.45, 7) is 0. The summed E-state index contributed by atoms with van der Waals surface area (Å²) in [6, 6.07) is 63.2. The maximum atomic E-state index is 15.6. The predicted octanol–water partition coefficient (Wildman–Crippen LogP) is 11.8. The van der Waals surface area contributed by atoms with Crippen LogP contribution in [-0.4, -0.2) is 19.1 Å². The van der Waals surface area contributed by atoms with E-state index >= 15 is 4.57 Å². The summed E-state index contributed by atoms with van der Waals surface area (Å²) in [6.07, 6.45) is 7.67. The molecule has 0 atom stereocenters. The van der Waals surface area contributed by atoms with Gasteiger partial charge < -0.3 is 18.6 Å². The van der Waals surface area contributed by atoms with Gasteiger partial charge in [-0.25, -0.2) is 0 Å². The molecule has 5 heterocycles. The van der Waals surface area contributed by atoms with Crippen LogP contribution in [0, 0.1) is 0 Å². The maximum absolute atomic E-state index is 15.6. The molecule has 7 aromatic carbocycles. The Labute approximate surface area is 340 Å². The standard InChI is InChI=1S/C52H34N5OP/c58-59(40-15-2-1-3-16-40)51-23-10-8-21-49(51)55(50-22-9-11-24-52(50)59)37-14-12-13-35(29-37)36-30-38(56-45-19-6-4-17-41(45)43-33-53-27-25-47(43)56)32-39(31-36)57-46-20-7-5-18-42(46)44-34-54-28-26-48(44)57/h1-34H. The number of anilines is 3. The van der Waals surface area contributed by atoms with Crippen molar-refractivity contribution in [3.63, 3.8) is 0 Å². The third-order valence-corrected chi connectivity index (χ3v) is 15.0. The van der Waals surface area contributed by atoms with Crippen LogP contribution < -0.4 is 20.8 Å². The summed E-state index contributed by atoms with van der Waals surface area (Å²) in [5, 5.41) is 7.03. The lowest BCUT2D eigenvalue weighted by Crippen LogP contribution is -2.36. The maximum Gasteiger partial charge on any atom is 0.175 e. The van der Waals surface area contributed by atoms with E-state index in [4.69, 9.17) is 0 Å². The Morgan fingerprint density at radius 3 is 1.47 bits per heavy atom. The highest BCUT2D eigenvalue weighted by Crippen LogP contribution is 2.54. The SMILES string of the molecule is O=P1(c2ccccc2)c2ccccc2N(c2cccc(-c3cc(-n4c5ccccc5c5cnccc54)cc(-n4c5ccccc5c5cnccc54)c3)c2)c2ccccc21. The zero-order chi connectivity index (χ0) is 39.1. The van der Waals surface area contributed by atoms with Crippen LogP contribution in [0.4, 0.5) is 17.1 Å². The lowest BCUT2D eigenvalue weighted by Gasteiger charge is -2.38. The highest BCUT2D eigenvalue weighted by molar-refractivity contribution is 7.86. The Morgan fingerprint density at radius 2 is 0.881 bits per heavy atom. The van der Waals surface area contributed by atoms with Gasteiger partial charge >= 0.3 is 0 Å². The fraction of sp³-hybridized carbons (Fsp3) is 0. The van der Waals surface area contributed by atoms with Gasteiger partial charge in [-0.15, -0.1) is 0 Å². The van der Waals surface area contributed by atoms with Crippen molar-refractivity contribution in [2.45, 2.75) is 0 Å². The van der Waals surface area contributed by atoms with Crippen LogP contribution in [0.25, 0.3) is 66.1 Å². The van der Waals surface area contributed by atoms with E-state index in [1.165, 1.54) is 0 Å². The second-order valence-electron chi connectivity index (χ2n) is 15.0. The van der Waals surface area contributed by atoms with Gasteiger partial charge in [0, 0.05) is 79.3 Å². The van der Waals surface area contributed by atoms with Crippen LogP contribution in [0.2, 0.25) is 0 Å². The fourth-order valence-corrected chi connectivity index (χ4v) is 12.3. The Morgan fingerprint density at radius 1 is 0.390 bits per heavy atom. The summed E-state index contributed by atoms with van der Waals surface area (Å²) < 4.78 is 20.3. The van der Waals surface area contributed by atoms with Gasteiger partial charge in [-0.05, 0) is 90.0 Å². The first-order chi connectivity index (χ1) is 29.2. The minimum atomic E-state index is -3.18. The molecule has 0 amide bonds. The van der Waals surface area contributed by atoms with E-state index in [0.717, 1.165) is 99.1 Å². The Balaban J connectivity index is 1.11. The molecule has 0 N–H and O–H groups in total. The quantitative estimate of drug-likeness (QED) is 0.163. The Hall–Kier alpha value is -7.53. The van der Waals surface area contributed by atoms with Gasteiger partial charge in [0.1, 0.15) is 0 Å². The van der Waals surface area contributed by atoms with Gasteiger partial charge in [-0.3, -0.25) is 9.97 Å². The summed E-state index contributed by atoms with van der Waals surface area (Å²) in [5.74, 6) is 0. The van der Waals surface area contributed by atoms with E-state index in [-0.39, 0.29) is 0 Å². The van der Waals surface area contributed by atoms with Gasteiger partial charge in [0.2, 0.25) is 0 Å². The van der Waals surface area contributed by atoms with Crippen molar-refractivity contribution in [2.75, 3.05) is 4.90 Å². The molecule has 1 aliphatic rings.